The van der Waals surface area contributed by atoms with Crippen molar-refractivity contribution >= 4 is 58.0 Å². The lowest BCUT2D eigenvalue weighted by Crippen LogP contribution is -2.41. The van der Waals surface area contributed by atoms with Crippen LogP contribution in [-0.2, 0) is 5.60 Å². The molecular weight excluding hydrogens is 361 g/mol. The molecule has 0 aliphatic rings. The molecule has 6 heteroatoms. The second kappa shape index (κ2) is 5.92. The molecule has 0 aliphatic carbocycles. The summed E-state index contributed by atoms with van der Waals surface area (Å²) >= 11 is 30.3. The lowest BCUT2D eigenvalue weighted by Gasteiger charge is -2.36. The van der Waals surface area contributed by atoms with Gasteiger partial charge in [0.05, 0.1) is 0 Å². The van der Waals surface area contributed by atoms with Crippen molar-refractivity contribution in [3.63, 3.8) is 0 Å². The Balaban J connectivity index is 2.78. The number of halogens is 5. The molecule has 0 atom stereocenters. The Morgan fingerprint density at radius 2 is 1.05 bits per heavy atom. The zero-order valence-corrected chi connectivity index (χ0v) is 13.7. The third kappa shape index (κ3) is 2.76. The molecule has 0 spiro atoms. The van der Waals surface area contributed by atoms with Gasteiger partial charge in [0.15, 0.2) is 5.60 Å². The van der Waals surface area contributed by atoms with E-state index in [0.29, 0.717) is 0 Å². The molecule has 0 saturated heterocycles. The number of alkyl halides is 3. The van der Waals surface area contributed by atoms with Crippen molar-refractivity contribution in [2.24, 2.45) is 0 Å². The van der Waals surface area contributed by atoms with E-state index >= 15 is 0 Å². The zero-order valence-electron chi connectivity index (χ0n) is 9.96. The van der Waals surface area contributed by atoms with Gasteiger partial charge in [-0.15, -0.1) is 0 Å². The summed E-state index contributed by atoms with van der Waals surface area (Å²) in [5.74, 6) is 0. The van der Waals surface area contributed by atoms with Crippen molar-refractivity contribution in [2.45, 2.75) is 9.39 Å². The minimum atomic E-state index is -2.05. The van der Waals surface area contributed by atoms with Crippen LogP contribution < -0.4 is 0 Å². The second-order valence-corrected chi connectivity index (χ2v) is 7.26. The predicted molar refractivity (Wildman–Crippen MR) is 86.2 cm³/mol. The zero-order chi connectivity index (χ0) is 15.0. The maximum atomic E-state index is 11.1. The molecule has 0 bridgehead atoms. The molecule has 1 N–H and O–H groups in total. The van der Waals surface area contributed by atoms with Crippen molar-refractivity contribution in [3.8, 4) is 0 Å². The molecule has 0 saturated carbocycles. The normalized spacial score (nSPS) is 12.5. The van der Waals surface area contributed by atoms with Gasteiger partial charge in [0.25, 0.3) is 0 Å². The van der Waals surface area contributed by atoms with Gasteiger partial charge in [-0.25, -0.2) is 0 Å². The number of aliphatic hydroxyl groups is 1. The number of hydrogen-bond donors (Lipinski definition) is 1. The van der Waals surface area contributed by atoms with Crippen LogP contribution in [0.4, 0.5) is 0 Å². The largest absolute Gasteiger partial charge is 0.376 e. The molecule has 0 aliphatic heterocycles. The van der Waals surface area contributed by atoms with Crippen molar-refractivity contribution < 1.29 is 5.11 Å². The molecule has 0 amide bonds. The molecule has 106 valence electrons. The minimum absolute atomic E-state index is 0.273. The molecule has 2 rings (SSSR count). The first kappa shape index (κ1) is 16.2. The molecule has 0 aromatic heterocycles. The third-order valence-corrected chi connectivity index (χ3v) is 4.42. The Kier molecular flexibility index (Phi) is 4.80. The Labute approximate surface area is 142 Å². The molecule has 0 heterocycles. The van der Waals surface area contributed by atoms with Crippen molar-refractivity contribution in [2.75, 3.05) is 0 Å². The summed E-state index contributed by atoms with van der Waals surface area (Å²) in [6.07, 6.45) is 0. The fourth-order valence-corrected chi connectivity index (χ4v) is 3.12. The molecule has 0 radical (unpaired) electrons. The van der Waals surface area contributed by atoms with Crippen LogP contribution in [0.5, 0.6) is 0 Å². The van der Waals surface area contributed by atoms with E-state index < -0.39 is 9.39 Å². The summed E-state index contributed by atoms with van der Waals surface area (Å²) in [5.41, 5.74) is -1.42. The van der Waals surface area contributed by atoms with Crippen LogP contribution in [-0.4, -0.2) is 8.90 Å². The number of rotatable bonds is 2. The van der Waals surface area contributed by atoms with E-state index in [1.165, 1.54) is 0 Å². The van der Waals surface area contributed by atoms with Crippen LogP contribution in [0.1, 0.15) is 11.1 Å². The van der Waals surface area contributed by atoms with Crippen LogP contribution in [0.2, 0.25) is 10.0 Å². The molecule has 2 aromatic carbocycles. The Morgan fingerprint density at radius 3 is 1.35 bits per heavy atom. The van der Waals surface area contributed by atoms with Gasteiger partial charge in [-0.05, 0) is 12.1 Å². The maximum Gasteiger partial charge on any atom is 0.227 e. The molecule has 2 aromatic rings. The quantitative estimate of drug-likeness (QED) is 0.682. The van der Waals surface area contributed by atoms with Gasteiger partial charge in [0.1, 0.15) is 0 Å². The van der Waals surface area contributed by atoms with E-state index in [0.717, 1.165) is 0 Å². The van der Waals surface area contributed by atoms with Gasteiger partial charge in [0.2, 0.25) is 3.79 Å². The lowest BCUT2D eigenvalue weighted by molar-refractivity contribution is 0.0852. The highest BCUT2D eigenvalue weighted by molar-refractivity contribution is 6.68. The van der Waals surface area contributed by atoms with E-state index in [4.69, 9.17) is 58.0 Å². The van der Waals surface area contributed by atoms with Crippen LogP contribution in [0.25, 0.3) is 0 Å². The first-order valence-electron chi connectivity index (χ1n) is 5.57. The summed E-state index contributed by atoms with van der Waals surface area (Å²) in [6, 6.07) is 13.2. The van der Waals surface area contributed by atoms with E-state index in [2.05, 4.69) is 0 Å². The topological polar surface area (TPSA) is 20.2 Å². The van der Waals surface area contributed by atoms with Gasteiger partial charge in [-0.3, -0.25) is 0 Å². The van der Waals surface area contributed by atoms with Crippen molar-refractivity contribution in [1.29, 1.82) is 0 Å². The van der Waals surface area contributed by atoms with E-state index in [-0.39, 0.29) is 21.2 Å². The highest BCUT2D eigenvalue weighted by Gasteiger charge is 2.51. The summed E-state index contributed by atoms with van der Waals surface area (Å²) in [6.45, 7) is 0. The predicted octanol–water partition coefficient (Wildman–Crippen LogP) is 5.60. The van der Waals surface area contributed by atoms with Crippen LogP contribution in [0.15, 0.2) is 48.5 Å². The van der Waals surface area contributed by atoms with E-state index in [1.807, 2.05) is 0 Å². The minimum Gasteiger partial charge on any atom is -0.376 e. The SMILES string of the molecule is OC(c1ccccc1Cl)(c1ccccc1Cl)C(Cl)(Cl)Cl. The smallest absolute Gasteiger partial charge is 0.227 e. The molecule has 1 nitrogen and oxygen atoms in total. The summed E-state index contributed by atoms with van der Waals surface area (Å²) in [5, 5.41) is 11.6. The number of hydrogen-bond acceptors (Lipinski definition) is 1. The monoisotopic (exact) mass is 368 g/mol. The van der Waals surface area contributed by atoms with Crippen molar-refractivity contribution in [3.05, 3.63) is 69.7 Å². The van der Waals surface area contributed by atoms with Gasteiger partial charge < -0.3 is 5.11 Å². The number of benzene rings is 2. The second-order valence-electron chi connectivity index (χ2n) is 4.17. The molecule has 20 heavy (non-hydrogen) atoms. The lowest BCUT2D eigenvalue weighted by atomic mass is 9.87. The van der Waals surface area contributed by atoms with Crippen molar-refractivity contribution in [1.82, 2.24) is 0 Å². The summed E-state index contributed by atoms with van der Waals surface area (Å²) < 4.78 is -2.05. The Bertz CT molecular complexity index is 575. The van der Waals surface area contributed by atoms with Gasteiger partial charge in [-0.2, -0.15) is 0 Å². The Hall–Kier alpha value is -0.150. The van der Waals surface area contributed by atoms with Gasteiger partial charge >= 0.3 is 0 Å². The van der Waals surface area contributed by atoms with Gasteiger partial charge in [0, 0.05) is 21.2 Å². The average Bonchev–Trinajstić information content (AvgIpc) is 2.37. The third-order valence-electron chi connectivity index (χ3n) is 2.94. The van der Waals surface area contributed by atoms with Crippen LogP contribution in [0.3, 0.4) is 0 Å². The fourth-order valence-electron chi connectivity index (χ4n) is 1.96. The van der Waals surface area contributed by atoms with Gasteiger partial charge in [-0.1, -0.05) is 94.4 Å². The summed E-state index contributed by atoms with van der Waals surface area (Å²) in [4.78, 5) is 0. The first-order chi connectivity index (χ1) is 9.28. The first-order valence-corrected chi connectivity index (χ1v) is 7.46. The molecule has 0 unspecified atom stereocenters. The highest BCUT2D eigenvalue weighted by atomic mass is 35.6. The summed E-state index contributed by atoms with van der Waals surface area (Å²) in [7, 11) is 0. The standard InChI is InChI=1S/C14H9Cl5O/c15-11-7-3-1-5-9(11)13(20,14(17,18)19)10-6-2-4-8-12(10)16/h1-8,20H. The molecular formula is C14H9Cl5O. The average molecular weight is 370 g/mol. The fraction of sp³-hybridized carbons (Fsp3) is 0.143. The Morgan fingerprint density at radius 1 is 0.700 bits per heavy atom. The van der Waals surface area contributed by atoms with Crippen LogP contribution in [0, 0.1) is 0 Å². The van der Waals surface area contributed by atoms with E-state index in [9.17, 15) is 5.11 Å². The van der Waals surface area contributed by atoms with Crippen LogP contribution >= 0.6 is 58.0 Å². The van der Waals surface area contributed by atoms with E-state index in [1.54, 1.807) is 48.5 Å². The molecule has 0 fully saturated rings. The maximum absolute atomic E-state index is 11.1. The highest BCUT2D eigenvalue weighted by Crippen LogP contribution is 2.52.